The molecule has 0 saturated heterocycles. The summed E-state index contributed by atoms with van der Waals surface area (Å²) in [7, 11) is 0. The molecule has 0 bridgehead atoms. The van der Waals surface area contributed by atoms with Crippen molar-refractivity contribution in [3.05, 3.63) is 0 Å². The molecule has 615 valence electrons. The average Bonchev–Trinajstić information content (AvgIpc) is 2.99. The number of rotatable bonds is 9. The Balaban J connectivity index is -0.00000000156. The van der Waals surface area contributed by atoms with Crippen LogP contribution in [0.2, 0.25) is 0 Å². The molecule has 0 aromatic rings. The first-order valence-electron chi connectivity index (χ1n) is 13.2. The zero-order valence-electron chi connectivity index (χ0n) is 58.1. The molecular weight excluding hydrogens is 4130 g/mol. The molecule has 0 amide bonds. The summed E-state index contributed by atoms with van der Waals surface area (Å²) < 4.78 is 0. The minimum absolute atomic E-state index is 0. The topological polar surface area (TPSA) is 361 Å². The maximum atomic E-state index is 9.26. The second-order valence-electron chi connectivity index (χ2n) is 6.53. The van der Waals surface area contributed by atoms with Gasteiger partial charge in [0.05, 0.1) is 0 Å². The van der Waals surface area contributed by atoms with E-state index in [1.54, 1.807) is 0 Å². The van der Waals surface area contributed by atoms with Gasteiger partial charge in [0.25, 0.3) is 0 Å². The van der Waals surface area contributed by atoms with Gasteiger partial charge in [-0.15, -0.1) is 0 Å². The third-order valence-corrected chi connectivity index (χ3v) is 2.60. The number of hydrogen-bond donors (Lipinski definition) is 0. The summed E-state index contributed by atoms with van der Waals surface area (Å²) in [5, 5.41) is 83.3. The molecule has 87 heteroatoms. The van der Waals surface area contributed by atoms with Gasteiger partial charge in [0.2, 0.25) is 0 Å². The Kier molecular flexibility index (Phi) is 3570. The van der Waals surface area contributed by atoms with Crippen LogP contribution >= 0.6 is 0 Å². The third-order valence-electron chi connectivity index (χ3n) is 2.60. The van der Waals surface area contributed by atoms with Crippen LogP contribution in [-0.4, -0.2) is 53.7 Å². The van der Waals surface area contributed by atoms with Crippen LogP contribution in [0.1, 0.15) is 120 Å². The molecule has 0 spiro atoms. The van der Waals surface area contributed by atoms with Crippen molar-refractivity contribution in [1.82, 2.24) is 0 Å². The van der Waals surface area contributed by atoms with Gasteiger partial charge >= 0.3 is 0 Å². The van der Waals surface area contributed by atoms with Crippen LogP contribution in [0.4, 0.5) is 0 Å². The normalized spacial score (nSPS) is 2.92. The van der Waals surface area contributed by atoms with Crippen molar-refractivity contribution in [2.75, 3.05) is 0 Å². The average molecular weight is 4170 g/mol. The third kappa shape index (κ3) is 1100. The van der Waals surface area contributed by atoms with Gasteiger partial charge in [-0.2, -0.15) is 0 Å². The summed E-state index contributed by atoms with van der Waals surface area (Å²) >= 11 is 0. The monoisotopic (exact) mass is 4170 g/mol. The number of carbonyl (C=O) groups excluding carboxylic acids is 9. The molecule has 0 unspecified atom stereocenters. The second kappa shape index (κ2) is 632. The molecule has 0 heterocycles. The molecule has 0 saturated carbocycles. The first-order chi connectivity index (χ1) is 20.4. The van der Waals surface area contributed by atoms with E-state index >= 15 is 0 Å². The smallest absolute Gasteiger partial charge is 0.0411 e. The minimum Gasteiger partial charge on any atom is -0.550 e. The summed E-state index contributed by atoms with van der Waals surface area (Å²) in [5.74, 6) is -8.96. The Morgan fingerprint density at radius 1 is 0.0965 bits per heavy atom. The largest absolute Gasteiger partial charge is 0.550 e. The van der Waals surface area contributed by atoms with E-state index in [2.05, 4.69) is 0 Å². The van der Waals surface area contributed by atoms with Crippen molar-refractivity contribution in [2.45, 2.75) is 120 Å². The van der Waals surface area contributed by atoms with Gasteiger partial charge in [0, 0.05) is 1330 Å². The van der Waals surface area contributed by atoms with E-state index in [-0.39, 0.29) is 1340 Å². The van der Waals surface area contributed by atoms with Crippen molar-refractivity contribution in [3.63, 3.8) is 0 Å². The van der Waals surface area contributed by atoms with Gasteiger partial charge in [-0.1, -0.05) is 62.3 Å². The first kappa shape index (κ1) is 645. The van der Waals surface area contributed by atoms with E-state index < -0.39 is 53.7 Å². The molecule has 0 aromatic carbocycles. The molecule has 0 aliphatic carbocycles. The molecular formula is C27H45O18V69-9. The summed E-state index contributed by atoms with van der Waals surface area (Å²) in [6.45, 7) is 13.8. The molecule has 0 fully saturated rings. The fourth-order valence-corrected chi connectivity index (χ4v) is 0. The van der Waals surface area contributed by atoms with Gasteiger partial charge in [-0.05, 0) is 57.8 Å². The van der Waals surface area contributed by atoms with Crippen molar-refractivity contribution in [3.8, 4) is 0 Å². The van der Waals surface area contributed by atoms with E-state index in [1.807, 2.05) is 0 Å². The van der Waals surface area contributed by atoms with Crippen LogP contribution in [-0.2, 0) is 1320 Å². The minimum atomic E-state index is -0.995. The molecule has 0 atom stereocenters. The van der Waals surface area contributed by atoms with Crippen LogP contribution in [0.25, 0.3) is 0 Å². The number of carboxylic acid groups (broad SMARTS) is 9. The van der Waals surface area contributed by atoms with Crippen LogP contribution in [0, 0.1) is 0 Å². The summed E-state index contributed by atoms with van der Waals surface area (Å²) in [6, 6.07) is 0. The Morgan fingerprint density at radius 2 is 0.105 bits per heavy atom. The second-order valence-corrected chi connectivity index (χ2v) is 6.53. The van der Waals surface area contributed by atoms with E-state index in [0.717, 1.165) is 0 Å². The molecule has 0 aromatic heterocycles. The quantitative estimate of drug-likeness (QED) is 0.207. The standard InChI is InChI=1S/9C3H6O2.69V/c9*1-2-3(4)5;;;;;;;;;;;;;;;;;;;;;;;;;;;;;;;;;;;;;;;;;;;;;;;;;;;;;;;;;;;;;;;;;;;;;/h9*2H2,1H3,(H,4,5);;;;;;;;;;;;;;;;;;;;;;;;;;;;;;;;;;;;;;;;;;;;;;;;;;;;;;;;;;;;;;;;;;;;;/p-9. The van der Waals surface area contributed by atoms with E-state index in [1.165, 1.54) is 62.3 Å². The van der Waals surface area contributed by atoms with E-state index in [4.69, 9.17) is 0 Å². The van der Waals surface area contributed by atoms with Crippen LogP contribution < -0.4 is 46.0 Å². The first-order valence-corrected chi connectivity index (χ1v) is 13.2. The summed E-state index contributed by atoms with van der Waals surface area (Å²) in [4.78, 5) is 83.3. The SMILES string of the molecule is CCC(=O)[O-].CCC(=O)[O-].CCC(=O)[O-].CCC(=O)[O-].CCC(=O)[O-].CCC(=O)[O-].CCC(=O)[O-].CCC(=O)[O-].CCC(=O)[O-].[V].[V].[V].[V].[V].[V].[V].[V].[V].[V].[V].[V].[V].[V].[V].[V].[V].[V].[V].[V].[V].[V].[V].[V].[V].[V].[V].[V].[V].[V].[V].[V].[V].[V].[V].[V].[V].[V].[V].[V].[V].[V].[V].[V].[V].[V].[V].[V].[V].[V].[V].[V].[V].[V].[V].[V].[V].[V].[V].[V].[V].[V].[V].[V].[V].[V].[V].[V].[V]. The number of carbonyl (C=O) groups is 9. The molecule has 18 nitrogen and oxygen atoms in total. The van der Waals surface area contributed by atoms with Crippen molar-refractivity contribution in [1.29, 1.82) is 0 Å². The van der Waals surface area contributed by atoms with Crippen LogP contribution in [0.15, 0.2) is 0 Å². The maximum Gasteiger partial charge on any atom is 0.0411 e. The predicted molar refractivity (Wildman–Crippen MR) is 138 cm³/mol. The fraction of sp³-hybridized carbons (Fsp3) is 0.667. The zero-order valence-corrected chi connectivity index (χ0v) is 154. The van der Waals surface area contributed by atoms with Crippen molar-refractivity contribution < 1.29 is 1370 Å². The molecule has 0 N–H and O–H groups in total. The zero-order chi connectivity index (χ0) is 38.6. The maximum absolute atomic E-state index is 9.26. The number of hydrogen-bond acceptors (Lipinski definition) is 18. The number of carboxylic acids is 9. The van der Waals surface area contributed by atoms with Gasteiger partial charge in [0.15, 0.2) is 0 Å². The van der Waals surface area contributed by atoms with Crippen LogP contribution in [0.3, 0.4) is 0 Å². The van der Waals surface area contributed by atoms with Gasteiger partial charge in [-0.25, -0.2) is 0 Å². The van der Waals surface area contributed by atoms with Crippen molar-refractivity contribution >= 4 is 53.7 Å². The molecule has 0 rings (SSSR count). The van der Waals surface area contributed by atoms with E-state index in [9.17, 15) is 89.1 Å². The summed E-state index contributed by atoms with van der Waals surface area (Å²) in [5.41, 5.74) is 0. The predicted octanol–water partition coefficient (Wildman–Crippen LogP) is -7.86. The Hall–Kier alpha value is 35.6. The fourth-order valence-electron chi connectivity index (χ4n) is 0. The van der Waals surface area contributed by atoms with Crippen molar-refractivity contribution in [2.24, 2.45) is 0 Å². The number of aliphatic carboxylic acids is 9. The van der Waals surface area contributed by atoms with Gasteiger partial charge in [-0.3, -0.25) is 0 Å². The Labute approximate surface area is 1510 Å². The molecule has 0 aliphatic rings. The Morgan fingerprint density at radius 3 is 0.105 bits per heavy atom. The molecule has 0 aliphatic heterocycles. The van der Waals surface area contributed by atoms with Gasteiger partial charge < -0.3 is 89.1 Å². The Bertz CT molecular complexity index is 671. The van der Waals surface area contributed by atoms with Gasteiger partial charge in [0.1, 0.15) is 0 Å². The van der Waals surface area contributed by atoms with Crippen LogP contribution in [0.5, 0.6) is 0 Å². The molecule has 69 radical (unpaired) electrons. The molecule has 114 heavy (non-hydrogen) atoms. The van der Waals surface area contributed by atoms with E-state index in [0.29, 0.717) is 0 Å². The summed E-state index contributed by atoms with van der Waals surface area (Å²) in [6.07, 6.45) is 1.000.